The molecule has 0 radical (unpaired) electrons. The SMILES string of the molecule is COCCN(C(=O)C(O)CN1CCCC1)C(C)c1cccc(C(F)(F)F)c1. The fraction of sp³-hybridized carbons (Fsp3) is 0.632. The number of ether oxygens (including phenoxy) is 1. The van der Waals surface area contributed by atoms with Crippen LogP contribution in [0.4, 0.5) is 13.2 Å². The van der Waals surface area contributed by atoms with Gasteiger partial charge in [0.1, 0.15) is 6.10 Å². The van der Waals surface area contributed by atoms with Crippen molar-refractivity contribution in [3.8, 4) is 0 Å². The molecule has 2 atom stereocenters. The number of β-amino-alcohol motifs (C(OH)–C–C–N with tert-alkyl or cyclic N) is 1. The topological polar surface area (TPSA) is 53.0 Å². The molecule has 1 saturated heterocycles. The third-order valence-electron chi connectivity index (χ3n) is 4.90. The third-order valence-corrected chi connectivity index (χ3v) is 4.90. The van der Waals surface area contributed by atoms with E-state index in [0.29, 0.717) is 5.56 Å². The highest BCUT2D eigenvalue weighted by atomic mass is 19.4. The highest BCUT2D eigenvalue weighted by molar-refractivity contribution is 5.81. The largest absolute Gasteiger partial charge is 0.416 e. The first-order chi connectivity index (χ1) is 12.7. The Hall–Kier alpha value is -1.64. The third kappa shape index (κ3) is 5.92. The second kappa shape index (κ2) is 9.52. The second-order valence-electron chi connectivity index (χ2n) is 6.85. The summed E-state index contributed by atoms with van der Waals surface area (Å²) >= 11 is 0. The Labute approximate surface area is 157 Å². The molecule has 0 spiro atoms. The van der Waals surface area contributed by atoms with Crippen molar-refractivity contribution in [3.63, 3.8) is 0 Å². The summed E-state index contributed by atoms with van der Waals surface area (Å²) in [6, 6.07) is 4.31. The summed E-state index contributed by atoms with van der Waals surface area (Å²) in [6.07, 6.45) is -3.59. The van der Waals surface area contributed by atoms with Gasteiger partial charge in [-0.3, -0.25) is 4.79 Å². The predicted octanol–water partition coefficient (Wildman–Crippen LogP) is 2.70. The lowest BCUT2D eigenvalue weighted by molar-refractivity contribution is -0.144. The minimum absolute atomic E-state index is 0.184. The lowest BCUT2D eigenvalue weighted by Crippen LogP contribution is -2.46. The van der Waals surface area contributed by atoms with Crippen LogP contribution in [-0.2, 0) is 15.7 Å². The van der Waals surface area contributed by atoms with Crippen molar-refractivity contribution in [3.05, 3.63) is 35.4 Å². The highest BCUT2D eigenvalue weighted by Gasteiger charge is 2.33. The van der Waals surface area contributed by atoms with Crippen LogP contribution in [-0.4, -0.2) is 66.8 Å². The van der Waals surface area contributed by atoms with E-state index in [-0.39, 0.29) is 19.7 Å². The van der Waals surface area contributed by atoms with Crippen molar-refractivity contribution in [2.45, 2.75) is 38.1 Å². The van der Waals surface area contributed by atoms with E-state index in [2.05, 4.69) is 0 Å². The number of amides is 1. The molecule has 1 fully saturated rings. The summed E-state index contributed by atoms with van der Waals surface area (Å²) < 4.78 is 44.0. The molecule has 1 aromatic rings. The molecule has 1 aromatic carbocycles. The molecule has 0 saturated carbocycles. The average molecular weight is 388 g/mol. The number of hydrogen-bond acceptors (Lipinski definition) is 4. The van der Waals surface area contributed by atoms with E-state index in [9.17, 15) is 23.1 Å². The number of methoxy groups -OCH3 is 1. The molecule has 1 aliphatic heterocycles. The van der Waals surface area contributed by atoms with Crippen LogP contribution < -0.4 is 0 Å². The van der Waals surface area contributed by atoms with Crippen molar-refractivity contribution < 1.29 is 27.8 Å². The Balaban J connectivity index is 2.17. The van der Waals surface area contributed by atoms with Crippen molar-refractivity contribution in [1.29, 1.82) is 0 Å². The Morgan fingerprint density at radius 2 is 2.00 bits per heavy atom. The monoisotopic (exact) mass is 388 g/mol. The smallest absolute Gasteiger partial charge is 0.383 e. The first-order valence-electron chi connectivity index (χ1n) is 9.11. The van der Waals surface area contributed by atoms with Crippen LogP contribution in [0.3, 0.4) is 0 Å². The molecule has 0 aromatic heterocycles. The van der Waals surface area contributed by atoms with Crippen LogP contribution in [0.25, 0.3) is 0 Å². The zero-order valence-corrected chi connectivity index (χ0v) is 15.7. The van der Waals surface area contributed by atoms with Gasteiger partial charge in [-0.25, -0.2) is 0 Å². The molecule has 27 heavy (non-hydrogen) atoms. The van der Waals surface area contributed by atoms with E-state index >= 15 is 0 Å². The minimum Gasteiger partial charge on any atom is -0.383 e. The number of carbonyl (C=O) groups is 1. The molecular formula is C19H27F3N2O3. The van der Waals surface area contributed by atoms with E-state index in [1.807, 2.05) is 4.90 Å². The van der Waals surface area contributed by atoms with Crippen molar-refractivity contribution >= 4 is 5.91 Å². The fourth-order valence-electron chi connectivity index (χ4n) is 3.32. The van der Waals surface area contributed by atoms with Gasteiger partial charge in [-0.1, -0.05) is 12.1 Å². The fourth-order valence-corrected chi connectivity index (χ4v) is 3.32. The van der Waals surface area contributed by atoms with Crippen LogP contribution in [0.5, 0.6) is 0 Å². The minimum atomic E-state index is -4.45. The Morgan fingerprint density at radius 3 is 2.59 bits per heavy atom. The number of aliphatic hydroxyl groups excluding tert-OH is 1. The van der Waals surface area contributed by atoms with Gasteiger partial charge < -0.3 is 19.6 Å². The number of hydrogen-bond donors (Lipinski definition) is 1. The maximum Gasteiger partial charge on any atom is 0.416 e. The Bertz CT molecular complexity index is 618. The first-order valence-corrected chi connectivity index (χ1v) is 9.11. The van der Waals surface area contributed by atoms with Crippen LogP contribution in [0.1, 0.15) is 36.9 Å². The predicted molar refractivity (Wildman–Crippen MR) is 95.1 cm³/mol. The van der Waals surface area contributed by atoms with Gasteiger partial charge in [0.15, 0.2) is 0 Å². The number of likely N-dealkylation sites (tertiary alicyclic amines) is 1. The summed E-state index contributed by atoms with van der Waals surface area (Å²) in [7, 11) is 1.48. The van der Waals surface area contributed by atoms with E-state index in [4.69, 9.17) is 4.74 Å². The van der Waals surface area contributed by atoms with Gasteiger partial charge in [-0.2, -0.15) is 13.2 Å². The van der Waals surface area contributed by atoms with Gasteiger partial charge in [-0.05, 0) is 50.6 Å². The van der Waals surface area contributed by atoms with Crippen molar-refractivity contribution in [2.24, 2.45) is 0 Å². The highest BCUT2D eigenvalue weighted by Crippen LogP contribution is 2.32. The maximum absolute atomic E-state index is 13.0. The van der Waals surface area contributed by atoms with Gasteiger partial charge in [-0.15, -0.1) is 0 Å². The molecule has 0 aliphatic carbocycles. The van der Waals surface area contributed by atoms with Crippen molar-refractivity contribution in [1.82, 2.24) is 9.80 Å². The van der Waals surface area contributed by atoms with Crippen LogP contribution in [0.2, 0.25) is 0 Å². The molecule has 8 heteroatoms. The van der Waals surface area contributed by atoms with E-state index in [1.54, 1.807) is 13.0 Å². The van der Waals surface area contributed by atoms with E-state index in [1.165, 1.54) is 18.1 Å². The molecule has 1 heterocycles. The van der Waals surface area contributed by atoms with Gasteiger partial charge in [0, 0.05) is 20.2 Å². The average Bonchev–Trinajstić information content (AvgIpc) is 3.14. The summed E-state index contributed by atoms with van der Waals surface area (Å²) in [5.41, 5.74) is -0.397. The van der Waals surface area contributed by atoms with Crippen LogP contribution in [0.15, 0.2) is 24.3 Å². The molecule has 0 bridgehead atoms. The lowest BCUT2D eigenvalue weighted by atomic mass is 10.0. The summed E-state index contributed by atoms with van der Waals surface area (Å²) in [6.45, 7) is 3.98. The van der Waals surface area contributed by atoms with E-state index in [0.717, 1.165) is 38.1 Å². The summed E-state index contributed by atoms with van der Waals surface area (Å²) in [4.78, 5) is 16.2. The van der Waals surface area contributed by atoms with E-state index < -0.39 is 29.8 Å². The molecular weight excluding hydrogens is 361 g/mol. The normalized spacial score (nSPS) is 17.7. The second-order valence-corrected chi connectivity index (χ2v) is 6.85. The number of benzene rings is 1. The van der Waals surface area contributed by atoms with Crippen molar-refractivity contribution in [2.75, 3.05) is 39.9 Å². The summed E-state index contributed by atoms with van der Waals surface area (Å²) in [5, 5.41) is 10.4. The van der Waals surface area contributed by atoms with Gasteiger partial charge in [0.2, 0.25) is 0 Å². The van der Waals surface area contributed by atoms with Gasteiger partial charge in [0.25, 0.3) is 5.91 Å². The zero-order chi connectivity index (χ0) is 20.0. The Kier molecular flexibility index (Phi) is 7.64. The number of halogens is 3. The number of carbonyl (C=O) groups excluding carboxylic acids is 1. The zero-order valence-electron chi connectivity index (χ0n) is 15.7. The van der Waals surface area contributed by atoms with Gasteiger partial charge >= 0.3 is 6.18 Å². The van der Waals surface area contributed by atoms with Crippen LogP contribution in [0, 0.1) is 0 Å². The maximum atomic E-state index is 13.0. The number of nitrogens with zero attached hydrogens (tertiary/aromatic N) is 2. The lowest BCUT2D eigenvalue weighted by Gasteiger charge is -2.32. The molecule has 2 unspecified atom stereocenters. The quantitative estimate of drug-likeness (QED) is 0.744. The summed E-state index contributed by atoms with van der Waals surface area (Å²) in [5.74, 6) is -0.496. The number of rotatable bonds is 8. The first kappa shape index (κ1) is 21.7. The molecule has 1 N–H and O–H groups in total. The molecule has 5 nitrogen and oxygen atoms in total. The molecule has 152 valence electrons. The molecule has 2 rings (SSSR count). The number of aliphatic hydroxyl groups is 1. The molecule has 1 aliphatic rings. The van der Waals surface area contributed by atoms with Crippen LogP contribution >= 0.6 is 0 Å². The van der Waals surface area contributed by atoms with Gasteiger partial charge in [0.05, 0.1) is 18.2 Å². The standard InChI is InChI=1S/C19H27F3N2O3/c1-14(15-6-5-7-16(12-15)19(20,21)22)24(10-11-27-2)18(26)17(25)13-23-8-3-4-9-23/h5-7,12,14,17,25H,3-4,8-11,13H2,1-2H3. The number of alkyl halides is 3. The Morgan fingerprint density at radius 1 is 1.33 bits per heavy atom. The molecule has 1 amide bonds.